The number of fused-ring (bicyclic) bond motifs is 1. The number of hydrogen-bond donors (Lipinski definition) is 2. The normalized spacial score (nSPS) is 12.1. The first-order chi connectivity index (χ1) is 8.34. The molecule has 0 fully saturated rings. The van der Waals surface area contributed by atoms with E-state index in [1.165, 1.54) is 0 Å². The maximum Gasteiger partial charge on any atom is 0.259 e. The van der Waals surface area contributed by atoms with E-state index < -0.39 is 5.91 Å². The molecule has 3 N–H and O–H groups in total. The van der Waals surface area contributed by atoms with Gasteiger partial charge in [-0.25, -0.2) is 0 Å². The molecule has 0 saturated heterocycles. The highest BCUT2D eigenvalue weighted by Gasteiger charge is 2.27. The van der Waals surface area contributed by atoms with Gasteiger partial charge in [-0.2, -0.15) is 0 Å². The van der Waals surface area contributed by atoms with Crippen LogP contribution in [0.5, 0.6) is 0 Å². The Morgan fingerprint density at radius 3 is 2.28 bits per heavy atom. The molecule has 3 amide bonds. The third-order valence-corrected chi connectivity index (χ3v) is 2.39. The summed E-state index contributed by atoms with van der Waals surface area (Å²) >= 11 is 0. The zero-order valence-electron chi connectivity index (χ0n) is 10.2. The quantitative estimate of drug-likeness (QED) is 0.570. The Morgan fingerprint density at radius 2 is 1.83 bits per heavy atom. The molecule has 0 radical (unpaired) electrons. The van der Waals surface area contributed by atoms with Crippen LogP contribution in [0.4, 0.5) is 0 Å². The fourth-order valence-electron chi connectivity index (χ4n) is 1.39. The largest absolute Gasteiger partial charge is 0.366 e. The predicted octanol–water partition coefficient (Wildman–Crippen LogP) is 0.926. The molecule has 1 aromatic rings. The SMILES string of the molecule is C=C(C)C(N)=O.Cc1cccc2c1C(=O)NC2=O. The van der Waals surface area contributed by atoms with Gasteiger partial charge in [0.15, 0.2) is 0 Å². The van der Waals surface area contributed by atoms with Gasteiger partial charge in [-0.15, -0.1) is 0 Å². The highest BCUT2D eigenvalue weighted by molar-refractivity contribution is 6.22. The first kappa shape index (κ1) is 13.6. The van der Waals surface area contributed by atoms with Crippen molar-refractivity contribution in [3.05, 3.63) is 47.0 Å². The number of imide groups is 1. The molecular weight excluding hydrogens is 232 g/mol. The highest BCUT2D eigenvalue weighted by Crippen LogP contribution is 2.18. The molecule has 1 aliphatic rings. The topological polar surface area (TPSA) is 89.3 Å². The van der Waals surface area contributed by atoms with Gasteiger partial charge in [0.25, 0.3) is 11.8 Å². The maximum absolute atomic E-state index is 11.2. The van der Waals surface area contributed by atoms with Crippen molar-refractivity contribution in [1.82, 2.24) is 5.32 Å². The van der Waals surface area contributed by atoms with Crippen molar-refractivity contribution in [2.75, 3.05) is 0 Å². The molecule has 1 aliphatic heterocycles. The van der Waals surface area contributed by atoms with Gasteiger partial charge in [-0.3, -0.25) is 19.7 Å². The lowest BCUT2D eigenvalue weighted by molar-refractivity contribution is -0.114. The number of primary amides is 1. The summed E-state index contributed by atoms with van der Waals surface area (Å²) in [5, 5.41) is 2.25. The van der Waals surface area contributed by atoms with Crippen molar-refractivity contribution in [3.63, 3.8) is 0 Å². The van der Waals surface area contributed by atoms with Crippen molar-refractivity contribution in [2.45, 2.75) is 13.8 Å². The number of carbonyl (C=O) groups is 3. The summed E-state index contributed by atoms with van der Waals surface area (Å²) in [7, 11) is 0. The van der Waals surface area contributed by atoms with Gasteiger partial charge in [0.1, 0.15) is 0 Å². The number of aryl methyl sites for hydroxylation is 1. The van der Waals surface area contributed by atoms with Crippen LogP contribution in [0.1, 0.15) is 33.2 Å². The lowest BCUT2D eigenvalue weighted by Gasteiger charge is -1.96. The Balaban J connectivity index is 0.000000232. The summed E-state index contributed by atoms with van der Waals surface area (Å²) in [5.74, 6) is -1.01. The number of carbonyl (C=O) groups excluding carboxylic acids is 3. The average Bonchev–Trinajstić information content (AvgIpc) is 2.56. The van der Waals surface area contributed by atoms with Crippen molar-refractivity contribution in [3.8, 4) is 0 Å². The summed E-state index contributed by atoms with van der Waals surface area (Å²) in [5.41, 5.74) is 6.94. The summed E-state index contributed by atoms with van der Waals surface area (Å²) < 4.78 is 0. The summed E-state index contributed by atoms with van der Waals surface area (Å²) in [4.78, 5) is 32.1. The van der Waals surface area contributed by atoms with E-state index >= 15 is 0 Å². The van der Waals surface area contributed by atoms with Crippen molar-refractivity contribution in [1.29, 1.82) is 0 Å². The minimum absolute atomic E-state index is 0.284. The third-order valence-electron chi connectivity index (χ3n) is 2.39. The Bertz CT molecular complexity index is 535. The van der Waals surface area contributed by atoms with Crippen LogP contribution < -0.4 is 11.1 Å². The van der Waals surface area contributed by atoms with E-state index in [2.05, 4.69) is 11.9 Å². The molecule has 5 heteroatoms. The predicted molar refractivity (Wildman–Crippen MR) is 67.0 cm³/mol. The monoisotopic (exact) mass is 246 g/mol. The van der Waals surface area contributed by atoms with Crippen LogP contribution in [0, 0.1) is 6.92 Å². The number of rotatable bonds is 1. The van der Waals surface area contributed by atoms with Crippen LogP contribution in [0.25, 0.3) is 0 Å². The van der Waals surface area contributed by atoms with Gasteiger partial charge in [0.05, 0.1) is 11.1 Å². The van der Waals surface area contributed by atoms with Crippen LogP contribution in [0.15, 0.2) is 30.4 Å². The number of benzene rings is 1. The zero-order chi connectivity index (χ0) is 13.9. The Labute approximate surface area is 105 Å². The minimum Gasteiger partial charge on any atom is -0.366 e. The average molecular weight is 246 g/mol. The van der Waals surface area contributed by atoms with Gasteiger partial charge in [-0.1, -0.05) is 18.7 Å². The number of nitrogens with one attached hydrogen (secondary N) is 1. The van der Waals surface area contributed by atoms with E-state index in [1.54, 1.807) is 19.1 Å². The molecule has 1 heterocycles. The lowest BCUT2D eigenvalue weighted by Crippen LogP contribution is -2.20. The van der Waals surface area contributed by atoms with E-state index in [0.717, 1.165) is 5.56 Å². The minimum atomic E-state index is -0.435. The maximum atomic E-state index is 11.2. The molecule has 0 saturated carbocycles. The molecule has 0 aromatic heterocycles. The molecule has 0 spiro atoms. The van der Waals surface area contributed by atoms with Crippen LogP contribution in [0.3, 0.4) is 0 Å². The second kappa shape index (κ2) is 5.27. The molecule has 2 rings (SSSR count). The molecule has 18 heavy (non-hydrogen) atoms. The second-order valence-corrected chi connectivity index (χ2v) is 3.93. The number of nitrogens with two attached hydrogens (primary N) is 1. The fraction of sp³-hybridized carbons (Fsp3) is 0.154. The van der Waals surface area contributed by atoms with Gasteiger partial charge >= 0.3 is 0 Å². The molecule has 0 aliphatic carbocycles. The molecular formula is C13H14N2O3. The van der Waals surface area contributed by atoms with Gasteiger partial charge in [0, 0.05) is 5.57 Å². The van der Waals surface area contributed by atoms with Gasteiger partial charge in [0.2, 0.25) is 5.91 Å². The lowest BCUT2D eigenvalue weighted by atomic mass is 10.0. The summed E-state index contributed by atoms with van der Waals surface area (Å²) in [6, 6.07) is 5.24. The molecule has 94 valence electrons. The van der Waals surface area contributed by atoms with Crippen LogP contribution in [-0.4, -0.2) is 17.7 Å². The van der Waals surface area contributed by atoms with E-state index in [1.807, 2.05) is 13.0 Å². The van der Waals surface area contributed by atoms with Crippen LogP contribution >= 0.6 is 0 Å². The first-order valence-electron chi connectivity index (χ1n) is 5.25. The molecule has 0 bridgehead atoms. The molecule has 5 nitrogen and oxygen atoms in total. The number of hydrogen-bond acceptors (Lipinski definition) is 3. The smallest absolute Gasteiger partial charge is 0.259 e. The fourth-order valence-corrected chi connectivity index (χ4v) is 1.39. The Kier molecular flexibility index (Phi) is 3.99. The molecule has 0 unspecified atom stereocenters. The van der Waals surface area contributed by atoms with Crippen LogP contribution in [0.2, 0.25) is 0 Å². The first-order valence-corrected chi connectivity index (χ1v) is 5.25. The van der Waals surface area contributed by atoms with E-state index in [9.17, 15) is 14.4 Å². The molecule has 0 atom stereocenters. The van der Waals surface area contributed by atoms with Crippen molar-refractivity contribution < 1.29 is 14.4 Å². The van der Waals surface area contributed by atoms with Crippen LogP contribution in [-0.2, 0) is 4.79 Å². The summed E-state index contributed by atoms with van der Waals surface area (Å²) in [6.07, 6.45) is 0. The molecule has 1 aromatic carbocycles. The van der Waals surface area contributed by atoms with E-state index in [-0.39, 0.29) is 11.8 Å². The number of amides is 3. The Hall–Kier alpha value is -2.43. The standard InChI is InChI=1S/C9H7NO2.C4H7NO/c1-5-3-2-4-6-7(5)9(12)10-8(6)11;1-3(2)4(5)6/h2-4H,1H3,(H,10,11,12);1H2,2H3,(H2,5,6). The zero-order valence-corrected chi connectivity index (χ0v) is 10.2. The van der Waals surface area contributed by atoms with E-state index in [0.29, 0.717) is 16.7 Å². The van der Waals surface area contributed by atoms with E-state index in [4.69, 9.17) is 5.73 Å². The van der Waals surface area contributed by atoms with Gasteiger partial charge < -0.3 is 5.73 Å². The second-order valence-electron chi connectivity index (χ2n) is 3.93. The van der Waals surface area contributed by atoms with Crippen molar-refractivity contribution >= 4 is 17.7 Å². The Morgan fingerprint density at radius 1 is 1.28 bits per heavy atom. The van der Waals surface area contributed by atoms with Crippen molar-refractivity contribution in [2.24, 2.45) is 5.73 Å². The third kappa shape index (κ3) is 2.82. The highest BCUT2D eigenvalue weighted by atomic mass is 16.2. The summed E-state index contributed by atoms with van der Waals surface area (Å²) in [6.45, 7) is 6.67. The van der Waals surface area contributed by atoms with Gasteiger partial charge in [-0.05, 0) is 25.5 Å².